The molecule has 1 aromatic carbocycles. The van der Waals surface area contributed by atoms with E-state index in [2.05, 4.69) is 57.2 Å². The number of rotatable bonds is 11. The molecule has 1 aromatic heterocycles. The molecule has 8 nitrogen and oxygen atoms in total. The third-order valence-electron chi connectivity index (χ3n) is 8.69. The van der Waals surface area contributed by atoms with Gasteiger partial charge in [-0.15, -0.1) is 4.41 Å². The number of hydrogen-bond donors (Lipinski definition) is 2. The minimum Gasteiger partial charge on any atom is -0.493 e. The Morgan fingerprint density at radius 3 is 2.77 bits per heavy atom. The highest BCUT2D eigenvalue weighted by Crippen LogP contribution is 2.42. The maximum absolute atomic E-state index is 12.9. The van der Waals surface area contributed by atoms with Crippen LogP contribution in [0.15, 0.2) is 63.8 Å². The number of ether oxygens (including phenoxy) is 1. The molecule has 2 aliphatic heterocycles. The first-order valence-corrected chi connectivity index (χ1v) is 17.1. The van der Waals surface area contributed by atoms with Crippen LogP contribution >= 0.6 is 0 Å². The average molecular weight is 607 g/mol. The van der Waals surface area contributed by atoms with E-state index in [4.69, 9.17) is 9.73 Å². The zero-order chi connectivity index (χ0) is 30.8. The number of nitrogens with zero attached hydrogens (tertiary/aromatic N) is 3. The fourth-order valence-corrected chi connectivity index (χ4v) is 7.79. The molecule has 1 atom stereocenters. The van der Waals surface area contributed by atoms with Gasteiger partial charge in [-0.1, -0.05) is 52.3 Å². The van der Waals surface area contributed by atoms with E-state index in [9.17, 15) is 13.5 Å². The number of aliphatic hydroxyl groups is 1. The fraction of sp³-hybridized carbons (Fsp3) is 0.529. The van der Waals surface area contributed by atoms with Gasteiger partial charge in [-0.25, -0.2) is 13.4 Å². The first-order valence-electron chi connectivity index (χ1n) is 15.6. The van der Waals surface area contributed by atoms with Crippen LogP contribution in [0.25, 0.3) is 11.1 Å². The summed E-state index contributed by atoms with van der Waals surface area (Å²) in [7, 11) is -3.76. The van der Waals surface area contributed by atoms with Crippen LogP contribution in [0.5, 0.6) is 5.75 Å². The smallest absolute Gasteiger partial charge is 0.263 e. The highest BCUT2D eigenvalue weighted by atomic mass is 32.2. The molecule has 9 heteroatoms. The number of benzene rings is 1. The Balaban J connectivity index is 1.33. The molecule has 0 amide bonds. The lowest BCUT2D eigenvalue weighted by atomic mass is 9.71. The fourth-order valence-electron chi connectivity index (χ4n) is 6.40. The van der Waals surface area contributed by atoms with E-state index in [0.29, 0.717) is 23.9 Å². The predicted molar refractivity (Wildman–Crippen MR) is 173 cm³/mol. The van der Waals surface area contributed by atoms with Gasteiger partial charge in [-0.3, -0.25) is 10.4 Å². The van der Waals surface area contributed by atoms with Gasteiger partial charge in [0.25, 0.3) is 10.0 Å². The molecule has 232 valence electrons. The molecule has 3 aliphatic rings. The van der Waals surface area contributed by atoms with Crippen molar-refractivity contribution in [1.29, 1.82) is 0 Å². The lowest BCUT2D eigenvalue weighted by Gasteiger charge is -2.34. The van der Waals surface area contributed by atoms with Crippen molar-refractivity contribution in [3.05, 3.63) is 59.4 Å². The van der Waals surface area contributed by atoms with Crippen molar-refractivity contribution in [2.45, 2.75) is 84.5 Å². The molecule has 0 radical (unpaired) electrons. The van der Waals surface area contributed by atoms with Crippen molar-refractivity contribution < 1.29 is 18.3 Å². The van der Waals surface area contributed by atoms with Crippen molar-refractivity contribution in [3.63, 3.8) is 0 Å². The van der Waals surface area contributed by atoms with Gasteiger partial charge in [0.1, 0.15) is 10.6 Å². The summed E-state index contributed by atoms with van der Waals surface area (Å²) >= 11 is 0. The molecule has 0 spiro atoms. The summed E-state index contributed by atoms with van der Waals surface area (Å²) in [6.07, 6.45) is 13.2. The van der Waals surface area contributed by atoms with Gasteiger partial charge in [0.05, 0.1) is 19.8 Å². The SMILES string of the molecule is CCC1C=CN=C2CCC(C)(C)CC2=C1CCCOc1ccc(-c2cnc3c(c2)S(=O)(=O)N(CCO)N3)cc1CC(C)C. The second kappa shape index (κ2) is 12.9. The highest BCUT2D eigenvalue weighted by molar-refractivity contribution is 7.89. The number of nitrogens with one attached hydrogen (secondary N) is 1. The normalized spacial score (nSPS) is 20.8. The number of aromatic nitrogens is 1. The van der Waals surface area contributed by atoms with Gasteiger partial charge >= 0.3 is 0 Å². The molecular formula is C34H46N4O4S. The van der Waals surface area contributed by atoms with Gasteiger partial charge in [-0.2, -0.15) is 0 Å². The minimum atomic E-state index is -3.76. The topological polar surface area (TPSA) is 104 Å². The summed E-state index contributed by atoms with van der Waals surface area (Å²) in [6.45, 7) is 11.7. The van der Waals surface area contributed by atoms with Gasteiger partial charge in [0, 0.05) is 23.7 Å². The zero-order valence-corrected chi connectivity index (χ0v) is 27.0. The van der Waals surface area contributed by atoms with Crippen LogP contribution in [0.3, 0.4) is 0 Å². The van der Waals surface area contributed by atoms with Crippen LogP contribution in [0.1, 0.15) is 78.7 Å². The van der Waals surface area contributed by atoms with Crippen LogP contribution in [-0.4, -0.2) is 48.4 Å². The maximum atomic E-state index is 12.9. The third-order valence-corrected chi connectivity index (χ3v) is 10.4. The van der Waals surface area contributed by atoms with E-state index in [1.807, 2.05) is 18.3 Å². The number of aliphatic imine (C=N–C) groups is 1. The summed E-state index contributed by atoms with van der Waals surface area (Å²) < 4.78 is 33.3. The molecule has 0 bridgehead atoms. The van der Waals surface area contributed by atoms with Crippen LogP contribution in [0, 0.1) is 17.3 Å². The number of aliphatic hydroxyl groups excluding tert-OH is 1. The van der Waals surface area contributed by atoms with E-state index in [0.717, 1.165) is 65.4 Å². The molecular weight excluding hydrogens is 560 g/mol. The Morgan fingerprint density at radius 2 is 2.02 bits per heavy atom. The Bertz CT molecular complexity index is 1540. The minimum absolute atomic E-state index is 0.0419. The van der Waals surface area contributed by atoms with E-state index < -0.39 is 10.0 Å². The molecule has 2 aromatic rings. The van der Waals surface area contributed by atoms with Crippen molar-refractivity contribution >= 4 is 21.6 Å². The van der Waals surface area contributed by atoms with E-state index in [1.165, 1.54) is 23.3 Å². The molecule has 1 saturated carbocycles. The van der Waals surface area contributed by atoms with Crippen LogP contribution in [0.2, 0.25) is 0 Å². The first-order chi connectivity index (χ1) is 20.5. The summed E-state index contributed by atoms with van der Waals surface area (Å²) in [4.78, 5) is 9.33. The molecule has 3 heterocycles. The van der Waals surface area contributed by atoms with Crippen molar-refractivity contribution in [2.75, 3.05) is 25.2 Å². The van der Waals surface area contributed by atoms with Crippen LogP contribution in [0.4, 0.5) is 5.82 Å². The predicted octanol–water partition coefficient (Wildman–Crippen LogP) is 6.93. The Labute approximate surface area is 257 Å². The maximum Gasteiger partial charge on any atom is 0.263 e. The van der Waals surface area contributed by atoms with Crippen LogP contribution in [-0.2, 0) is 16.4 Å². The number of sulfonamides is 1. The van der Waals surface area contributed by atoms with Crippen LogP contribution < -0.4 is 10.2 Å². The van der Waals surface area contributed by atoms with Gasteiger partial charge in [0.2, 0.25) is 0 Å². The molecule has 43 heavy (non-hydrogen) atoms. The summed E-state index contributed by atoms with van der Waals surface area (Å²) in [5, 5.41) is 9.25. The Kier molecular flexibility index (Phi) is 9.44. The van der Waals surface area contributed by atoms with Gasteiger partial charge in [-0.05, 0) is 97.1 Å². The second-order valence-corrected chi connectivity index (χ2v) is 15.0. The first kappa shape index (κ1) is 31.4. The second-order valence-electron chi connectivity index (χ2n) is 13.1. The lowest BCUT2D eigenvalue weighted by Crippen LogP contribution is -2.32. The quantitative estimate of drug-likeness (QED) is 0.269. The van der Waals surface area contributed by atoms with E-state index >= 15 is 0 Å². The molecule has 1 unspecified atom stereocenters. The van der Waals surface area contributed by atoms with Crippen molar-refractivity contribution in [1.82, 2.24) is 9.40 Å². The number of anilines is 1. The summed E-state index contributed by atoms with van der Waals surface area (Å²) in [6, 6.07) is 7.73. The average Bonchev–Trinajstić information content (AvgIpc) is 3.09. The number of β-amino-alcohol motifs (C(OH)–C–C–N with tert-alkyl or cyclic N) is 1. The molecule has 2 N–H and O–H groups in total. The van der Waals surface area contributed by atoms with Gasteiger partial charge < -0.3 is 9.84 Å². The van der Waals surface area contributed by atoms with E-state index in [1.54, 1.807) is 12.3 Å². The van der Waals surface area contributed by atoms with E-state index in [-0.39, 0.29) is 23.9 Å². The largest absolute Gasteiger partial charge is 0.493 e. The zero-order valence-electron chi connectivity index (χ0n) is 26.2. The molecule has 1 fully saturated rings. The Hall–Kier alpha value is -3.01. The number of hydrazine groups is 1. The summed E-state index contributed by atoms with van der Waals surface area (Å²) in [5.41, 5.74) is 10.1. The summed E-state index contributed by atoms with van der Waals surface area (Å²) in [5.74, 6) is 2.01. The number of pyridine rings is 1. The van der Waals surface area contributed by atoms with Crippen molar-refractivity contribution in [2.24, 2.45) is 22.2 Å². The monoisotopic (exact) mass is 606 g/mol. The molecule has 0 saturated heterocycles. The number of fused-ring (bicyclic) bond motifs is 2. The van der Waals surface area contributed by atoms with Gasteiger partial charge in [0.15, 0.2) is 5.82 Å². The molecule has 5 rings (SSSR count). The van der Waals surface area contributed by atoms with Crippen molar-refractivity contribution in [3.8, 4) is 16.9 Å². The number of hydrogen-bond acceptors (Lipinski definition) is 7. The third kappa shape index (κ3) is 6.89. The molecule has 1 aliphatic carbocycles. The Morgan fingerprint density at radius 1 is 1.21 bits per heavy atom. The number of allylic oxidation sites excluding steroid dienone is 3. The lowest BCUT2D eigenvalue weighted by molar-refractivity contribution is 0.267. The standard InChI is InChI=1S/C34H46N4O4S/c1-6-24-12-14-35-30-11-13-34(4,5)21-29(30)28(24)8-7-17-42-31-10-9-25(19-26(31)18-23(2)3)27-20-32-33(36-22-27)37-38(15-16-39)43(32,40)41/h9-10,12,14,19-20,22-24,39H,6-8,11,13,15-18,21H2,1-5H3,(H,36,37). The highest BCUT2D eigenvalue weighted by Gasteiger charge is 2.36.